The maximum Gasteiger partial charge on any atom is 0.355 e. The summed E-state index contributed by atoms with van der Waals surface area (Å²) in [5.41, 5.74) is 6.41. The van der Waals surface area contributed by atoms with Crippen LogP contribution in [-0.2, 0) is 6.42 Å². The minimum Gasteiger partial charge on any atom is -0.334 e. The molecule has 2 aromatic carbocycles. The van der Waals surface area contributed by atoms with Crippen molar-refractivity contribution in [3.8, 4) is 0 Å². The van der Waals surface area contributed by atoms with Crippen LogP contribution in [0.2, 0.25) is 5.02 Å². The Morgan fingerprint density at radius 1 is 1.10 bits per heavy atom. The summed E-state index contributed by atoms with van der Waals surface area (Å²) in [6.45, 7) is 2.03. The Morgan fingerprint density at radius 2 is 1.79 bits per heavy atom. The molecule has 3 N–H and O–H groups in total. The summed E-state index contributed by atoms with van der Waals surface area (Å²) in [6, 6.07) is 13.9. The molecule has 148 valence electrons. The van der Waals surface area contributed by atoms with E-state index >= 15 is 0 Å². The third kappa shape index (κ3) is 4.77. The number of benzene rings is 2. The molecule has 3 rings (SSSR count). The highest BCUT2D eigenvalue weighted by Crippen LogP contribution is 2.30. The molecule has 0 radical (unpaired) electrons. The van der Waals surface area contributed by atoms with E-state index in [-0.39, 0.29) is 22.2 Å². The van der Waals surface area contributed by atoms with Crippen molar-refractivity contribution in [2.75, 3.05) is 10.7 Å². The SMILES string of the molecule is CCc1ccc(Nc2ncnc(NNC(=O)c3ccccc3Cl)c2[N+](=O)[O-])cc1. The molecule has 10 heteroatoms. The Labute approximate surface area is 171 Å². The number of nitrogens with one attached hydrogen (secondary N) is 3. The smallest absolute Gasteiger partial charge is 0.334 e. The molecule has 1 amide bonds. The van der Waals surface area contributed by atoms with Crippen LogP contribution in [0.5, 0.6) is 0 Å². The molecule has 0 saturated heterocycles. The Kier molecular flexibility index (Phi) is 6.20. The van der Waals surface area contributed by atoms with Gasteiger partial charge in [0.15, 0.2) is 0 Å². The van der Waals surface area contributed by atoms with Crippen LogP contribution in [0, 0.1) is 10.1 Å². The molecular formula is C19H17ClN6O3. The molecule has 1 heterocycles. The first kappa shape index (κ1) is 20.0. The lowest BCUT2D eigenvalue weighted by molar-refractivity contribution is -0.383. The average molecular weight is 413 g/mol. The van der Waals surface area contributed by atoms with Gasteiger partial charge in [0.05, 0.1) is 15.5 Å². The summed E-state index contributed by atoms with van der Waals surface area (Å²) in [5, 5.41) is 14.8. The van der Waals surface area contributed by atoms with E-state index in [0.717, 1.165) is 18.3 Å². The average Bonchev–Trinajstić information content (AvgIpc) is 2.72. The summed E-state index contributed by atoms with van der Waals surface area (Å²) in [7, 11) is 0. The number of carbonyl (C=O) groups is 1. The van der Waals surface area contributed by atoms with E-state index < -0.39 is 16.5 Å². The Balaban J connectivity index is 1.82. The van der Waals surface area contributed by atoms with Gasteiger partial charge in [-0.15, -0.1) is 0 Å². The number of nitrogens with zero attached hydrogens (tertiary/aromatic N) is 3. The van der Waals surface area contributed by atoms with Gasteiger partial charge in [-0.1, -0.05) is 42.8 Å². The fourth-order valence-corrected chi connectivity index (χ4v) is 2.75. The van der Waals surface area contributed by atoms with Crippen molar-refractivity contribution < 1.29 is 9.72 Å². The van der Waals surface area contributed by atoms with E-state index in [1.807, 2.05) is 19.1 Å². The zero-order chi connectivity index (χ0) is 20.8. The number of amides is 1. The van der Waals surface area contributed by atoms with Crippen LogP contribution in [0.4, 0.5) is 23.0 Å². The van der Waals surface area contributed by atoms with Crippen LogP contribution in [0.1, 0.15) is 22.8 Å². The van der Waals surface area contributed by atoms with E-state index in [0.29, 0.717) is 5.69 Å². The van der Waals surface area contributed by atoms with E-state index in [2.05, 4.69) is 26.1 Å². The van der Waals surface area contributed by atoms with Crippen molar-refractivity contribution in [3.63, 3.8) is 0 Å². The fraction of sp³-hybridized carbons (Fsp3) is 0.105. The van der Waals surface area contributed by atoms with Crippen molar-refractivity contribution in [1.82, 2.24) is 15.4 Å². The maximum atomic E-state index is 12.3. The summed E-state index contributed by atoms with van der Waals surface area (Å²) in [6.07, 6.45) is 2.03. The van der Waals surface area contributed by atoms with Gasteiger partial charge in [-0.2, -0.15) is 0 Å². The standard InChI is InChI=1S/C19H17ClN6O3/c1-2-12-7-9-13(10-8-12)23-17-16(26(28)29)18(22-11-21-17)24-25-19(27)14-5-3-4-6-15(14)20/h3-11H,2H2,1H3,(H,25,27)(H2,21,22,23,24). The summed E-state index contributed by atoms with van der Waals surface area (Å²) in [5.74, 6) is -0.741. The number of anilines is 3. The number of carbonyl (C=O) groups excluding carboxylic acids is 1. The number of aromatic nitrogens is 2. The van der Waals surface area contributed by atoms with Crippen molar-refractivity contribution in [2.24, 2.45) is 0 Å². The second-order valence-electron chi connectivity index (χ2n) is 5.91. The van der Waals surface area contributed by atoms with Crippen LogP contribution in [0.25, 0.3) is 0 Å². The normalized spacial score (nSPS) is 10.3. The number of rotatable bonds is 7. The molecule has 0 unspecified atom stereocenters. The van der Waals surface area contributed by atoms with Gasteiger partial charge in [0.2, 0.25) is 11.6 Å². The number of aryl methyl sites for hydroxylation is 1. The lowest BCUT2D eigenvalue weighted by Crippen LogP contribution is -2.30. The second-order valence-corrected chi connectivity index (χ2v) is 6.32. The van der Waals surface area contributed by atoms with Crippen molar-refractivity contribution >= 4 is 40.5 Å². The predicted octanol–water partition coefficient (Wildman–Crippen LogP) is 4.10. The molecule has 0 aliphatic heterocycles. The van der Waals surface area contributed by atoms with E-state index in [4.69, 9.17) is 11.6 Å². The summed E-state index contributed by atoms with van der Waals surface area (Å²) >= 11 is 5.99. The molecule has 0 aliphatic carbocycles. The van der Waals surface area contributed by atoms with Crippen molar-refractivity contribution in [1.29, 1.82) is 0 Å². The minimum absolute atomic E-state index is 0.0104. The largest absolute Gasteiger partial charge is 0.355 e. The molecule has 0 fully saturated rings. The van der Waals surface area contributed by atoms with Crippen molar-refractivity contribution in [3.05, 3.63) is 81.1 Å². The first-order chi connectivity index (χ1) is 14.0. The predicted molar refractivity (Wildman–Crippen MR) is 110 cm³/mol. The molecular weight excluding hydrogens is 396 g/mol. The Bertz CT molecular complexity index is 1040. The number of hydrazine groups is 1. The topological polar surface area (TPSA) is 122 Å². The van der Waals surface area contributed by atoms with Gasteiger partial charge >= 0.3 is 5.69 Å². The van der Waals surface area contributed by atoms with Gasteiger partial charge in [0.1, 0.15) is 6.33 Å². The molecule has 3 aromatic rings. The quantitative estimate of drug-likeness (QED) is 0.394. The zero-order valence-electron chi connectivity index (χ0n) is 15.3. The lowest BCUT2D eigenvalue weighted by atomic mass is 10.1. The number of nitro groups is 1. The molecule has 0 bridgehead atoms. The van der Waals surface area contributed by atoms with Gasteiger partial charge < -0.3 is 5.32 Å². The molecule has 1 aromatic heterocycles. The zero-order valence-corrected chi connectivity index (χ0v) is 16.1. The van der Waals surface area contributed by atoms with Gasteiger partial charge in [0.25, 0.3) is 5.91 Å². The second kappa shape index (κ2) is 8.98. The van der Waals surface area contributed by atoms with Crippen LogP contribution < -0.4 is 16.2 Å². The van der Waals surface area contributed by atoms with Crippen LogP contribution in [-0.4, -0.2) is 20.8 Å². The maximum absolute atomic E-state index is 12.3. The first-order valence-electron chi connectivity index (χ1n) is 8.65. The van der Waals surface area contributed by atoms with Crippen LogP contribution >= 0.6 is 11.6 Å². The molecule has 0 spiro atoms. The third-order valence-electron chi connectivity index (χ3n) is 4.04. The molecule has 9 nitrogen and oxygen atoms in total. The summed E-state index contributed by atoms with van der Waals surface area (Å²) in [4.78, 5) is 31.1. The van der Waals surface area contributed by atoms with Crippen LogP contribution in [0.3, 0.4) is 0 Å². The van der Waals surface area contributed by atoms with Crippen LogP contribution in [0.15, 0.2) is 54.9 Å². The lowest BCUT2D eigenvalue weighted by Gasteiger charge is -2.11. The fourth-order valence-electron chi connectivity index (χ4n) is 2.52. The monoisotopic (exact) mass is 412 g/mol. The molecule has 0 saturated carbocycles. The highest BCUT2D eigenvalue weighted by atomic mass is 35.5. The molecule has 29 heavy (non-hydrogen) atoms. The van der Waals surface area contributed by atoms with Gasteiger partial charge in [-0.3, -0.25) is 25.8 Å². The highest BCUT2D eigenvalue weighted by Gasteiger charge is 2.24. The van der Waals surface area contributed by atoms with E-state index in [1.54, 1.807) is 30.3 Å². The molecule has 0 aliphatic rings. The molecule has 0 atom stereocenters. The highest BCUT2D eigenvalue weighted by molar-refractivity contribution is 6.33. The summed E-state index contributed by atoms with van der Waals surface area (Å²) < 4.78 is 0. The van der Waals surface area contributed by atoms with Gasteiger partial charge in [0, 0.05) is 5.69 Å². The number of hydrogen-bond acceptors (Lipinski definition) is 7. The Hall–Kier alpha value is -3.72. The van der Waals surface area contributed by atoms with Gasteiger partial charge in [-0.05, 0) is 36.2 Å². The number of hydrogen-bond donors (Lipinski definition) is 3. The Morgan fingerprint density at radius 3 is 2.45 bits per heavy atom. The van der Waals surface area contributed by atoms with Gasteiger partial charge in [-0.25, -0.2) is 9.97 Å². The first-order valence-corrected chi connectivity index (χ1v) is 9.03. The van der Waals surface area contributed by atoms with E-state index in [1.165, 1.54) is 6.07 Å². The van der Waals surface area contributed by atoms with E-state index in [9.17, 15) is 14.9 Å². The number of halogens is 1. The third-order valence-corrected chi connectivity index (χ3v) is 4.37. The van der Waals surface area contributed by atoms with Crippen molar-refractivity contribution in [2.45, 2.75) is 13.3 Å². The minimum atomic E-state index is -0.632.